The van der Waals surface area contributed by atoms with Crippen LogP contribution in [0, 0.1) is 5.92 Å². The molecule has 1 aromatic heterocycles. The molecule has 5 nitrogen and oxygen atoms in total. The number of amides is 1. The molecule has 148 valence electrons. The summed E-state index contributed by atoms with van der Waals surface area (Å²) in [7, 11) is 0. The number of aliphatic hydroxyl groups is 1. The van der Waals surface area contributed by atoms with E-state index < -0.39 is 0 Å². The third kappa shape index (κ3) is 3.82. The lowest BCUT2D eigenvalue weighted by Gasteiger charge is -2.56. The number of pyridine rings is 1. The molecule has 4 rings (SSSR count). The number of aliphatic hydroxyl groups excluding tert-OH is 1. The minimum absolute atomic E-state index is 0.0197. The first-order valence-electron chi connectivity index (χ1n) is 10.3. The second kappa shape index (κ2) is 8.41. The summed E-state index contributed by atoms with van der Waals surface area (Å²) in [6.45, 7) is 4.51. The van der Waals surface area contributed by atoms with Crippen LogP contribution in [0.1, 0.15) is 41.7 Å². The van der Waals surface area contributed by atoms with E-state index in [9.17, 15) is 9.90 Å². The second-order valence-electron chi connectivity index (χ2n) is 7.95. The Hall–Kier alpha value is -2.24. The lowest BCUT2D eigenvalue weighted by Crippen LogP contribution is -2.67. The van der Waals surface area contributed by atoms with Gasteiger partial charge in [0.25, 0.3) is 5.91 Å². The average molecular weight is 380 g/mol. The van der Waals surface area contributed by atoms with E-state index in [1.807, 2.05) is 30.0 Å². The quantitative estimate of drug-likeness (QED) is 0.766. The molecule has 1 N–H and O–H groups in total. The fraction of sp³-hybridized carbons (Fsp3) is 0.478. The highest BCUT2D eigenvalue weighted by Gasteiger charge is 2.50. The Morgan fingerprint density at radius 1 is 1.14 bits per heavy atom. The molecule has 1 amide bonds. The molecule has 2 heterocycles. The summed E-state index contributed by atoms with van der Waals surface area (Å²) in [5.41, 5.74) is 1.74. The fourth-order valence-electron chi connectivity index (χ4n) is 4.47. The van der Waals surface area contributed by atoms with Crippen LogP contribution < -0.4 is 0 Å². The first-order valence-corrected chi connectivity index (χ1v) is 10.3. The lowest BCUT2D eigenvalue weighted by atomic mass is 9.74. The smallest absolute Gasteiger partial charge is 0.272 e. The fourth-order valence-corrected chi connectivity index (χ4v) is 4.47. The molecule has 0 radical (unpaired) electrons. The molecule has 1 aliphatic carbocycles. The van der Waals surface area contributed by atoms with Gasteiger partial charge in [-0.2, -0.15) is 0 Å². The van der Waals surface area contributed by atoms with Crippen LogP contribution >= 0.6 is 0 Å². The zero-order valence-electron chi connectivity index (χ0n) is 16.4. The van der Waals surface area contributed by atoms with Crippen molar-refractivity contribution in [2.24, 2.45) is 5.92 Å². The monoisotopic (exact) mass is 379 g/mol. The van der Waals surface area contributed by atoms with E-state index in [0.29, 0.717) is 18.8 Å². The van der Waals surface area contributed by atoms with Gasteiger partial charge in [-0.3, -0.25) is 14.7 Å². The van der Waals surface area contributed by atoms with Crippen molar-refractivity contribution >= 4 is 5.91 Å². The number of hydrogen-bond donors (Lipinski definition) is 1. The van der Waals surface area contributed by atoms with E-state index in [1.54, 1.807) is 12.3 Å². The normalized spacial score (nSPS) is 24.6. The summed E-state index contributed by atoms with van der Waals surface area (Å²) in [6.07, 6.45) is 4.22. The molecule has 2 aliphatic rings. The van der Waals surface area contributed by atoms with Crippen LogP contribution in [0.5, 0.6) is 0 Å². The highest BCUT2D eigenvalue weighted by Crippen LogP contribution is 2.44. The van der Waals surface area contributed by atoms with Crippen molar-refractivity contribution in [3.8, 4) is 0 Å². The van der Waals surface area contributed by atoms with Gasteiger partial charge in [0.2, 0.25) is 0 Å². The Kier molecular flexibility index (Phi) is 5.74. The van der Waals surface area contributed by atoms with Crippen LogP contribution in [0.2, 0.25) is 0 Å². The maximum absolute atomic E-state index is 13.0. The van der Waals surface area contributed by atoms with Gasteiger partial charge in [-0.15, -0.1) is 0 Å². The van der Waals surface area contributed by atoms with Gasteiger partial charge in [-0.1, -0.05) is 36.4 Å². The van der Waals surface area contributed by atoms with E-state index in [-0.39, 0.29) is 30.5 Å². The molecule has 0 unspecified atom stereocenters. The molecule has 1 aliphatic heterocycles. The van der Waals surface area contributed by atoms with Crippen LogP contribution in [-0.4, -0.2) is 64.1 Å². The molecule has 28 heavy (non-hydrogen) atoms. The molecule has 1 saturated carbocycles. The van der Waals surface area contributed by atoms with E-state index >= 15 is 0 Å². The van der Waals surface area contributed by atoms with Crippen LogP contribution in [0.3, 0.4) is 0 Å². The minimum Gasteiger partial charge on any atom is -0.395 e. The molecule has 2 fully saturated rings. The molecular weight excluding hydrogens is 350 g/mol. The Morgan fingerprint density at radius 3 is 2.50 bits per heavy atom. The minimum atomic E-state index is -0.0197. The topological polar surface area (TPSA) is 56.7 Å². The van der Waals surface area contributed by atoms with Gasteiger partial charge in [-0.25, -0.2) is 0 Å². The van der Waals surface area contributed by atoms with E-state index in [4.69, 9.17) is 0 Å². The van der Waals surface area contributed by atoms with Gasteiger partial charge in [0, 0.05) is 43.8 Å². The number of nitrogens with zero attached hydrogens (tertiary/aromatic N) is 3. The van der Waals surface area contributed by atoms with Crippen LogP contribution in [0.15, 0.2) is 54.7 Å². The summed E-state index contributed by atoms with van der Waals surface area (Å²) in [4.78, 5) is 21.6. The number of hydrogen-bond acceptors (Lipinski definition) is 4. The van der Waals surface area contributed by atoms with Gasteiger partial charge in [0.1, 0.15) is 5.69 Å². The molecule has 0 spiro atoms. The van der Waals surface area contributed by atoms with E-state index in [2.05, 4.69) is 34.1 Å². The van der Waals surface area contributed by atoms with Crippen molar-refractivity contribution < 1.29 is 9.90 Å². The van der Waals surface area contributed by atoms with Crippen molar-refractivity contribution in [2.45, 2.75) is 37.8 Å². The number of likely N-dealkylation sites (tertiary alicyclic amines) is 1. The maximum atomic E-state index is 13.0. The number of benzene rings is 1. The van der Waals surface area contributed by atoms with Crippen molar-refractivity contribution in [3.63, 3.8) is 0 Å². The van der Waals surface area contributed by atoms with Crippen molar-refractivity contribution in [1.82, 2.24) is 14.8 Å². The standard InChI is InChI=1S/C23H29N3O2/c1-2-25(23(28)19-10-6-7-13-24-19)15-20-22(18-8-4-3-5-9-18)21(16-27)26(20)14-17-11-12-17/h3-10,13,17,20-22,27H,2,11-12,14-16H2,1H3/t20-,21-,22+/m1/s1. The molecular formula is C23H29N3O2. The predicted octanol–water partition coefficient (Wildman–Crippen LogP) is 2.78. The Bertz CT molecular complexity index is 779. The van der Waals surface area contributed by atoms with E-state index in [1.165, 1.54) is 18.4 Å². The maximum Gasteiger partial charge on any atom is 0.272 e. The van der Waals surface area contributed by atoms with E-state index in [0.717, 1.165) is 12.5 Å². The number of likely N-dealkylation sites (N-methyl/N-ethyl adjacent to an activating group) is 1. The molecule has 1 saturated heterocycles. The van der Waals surface area contributed by atoms with Crippen molar-refractivity contribution in [1.29, 1.82) is 0 Å². The highest BCUT2D eigenvalue weighted by molar-refractivity contribution is 5.92. The number of aromatic nitrogens is 1. The SMILES string of the molecule is CCN(C[C@@H]1[C@H](c2ccccc2)[C@@H](CO)N1CC1CC1)C(=O)c1ccccn1. The predicted molar refractivity (Wildman–Crippen MR) is 109 cm³/mol. The lowest BCUT2D eigenvalue weighted by molar-refractivity contribution is -0.0561. The van der Waals surface area contributed by atoms with Crippen molar-refractivity contribution in [3.05, 3.63) is 66.0 Å². The average Bonchev–Trinajstić information content (AvgIpc) is 3.56. The largest absolute Gasteiger partial charge is 0.395 e. The summed E-state index contributed by atoms with van der Waals surface area (Å²) in [6, 6.07) is 16.2. The third-order valence-electron chi connectivity index (χ3n) is 6.18. The summed E-state index contributed by atoms with van der Waals surface area (Å²) in [5.74, 6) is 0.971. The Labute approximate surface area is 167 Å². The molecule has 5 heteroatoms. The van der Waals surface area contributed by atoms with Gasteiger partial charge in [0.15, 0.2) is 0 Å². The molecule has 1 aromatic carbocycles. The number of rotatable bonds is 8. The van der Waals surface area contributed by atoms with Gasteiger partial charge in [0.05, 0.1) is 6.61 Å². The number of carbonyl (C=O) groups is 1. The summed E-state index contributed by atoms with van der Waals surface area (Å²) >= 11 is 0. The van der Waals surface area contributed by atoms with Gasteiger partial charge < -0.3 is 10.0 Å². The first-order chi connectivity index (χ1) is 13.7. The summed E-state index contributed by atoms with van der Waals surface area (Å²) in [5, 5.41) is 10.1. The van der Waals surface area contributed by atoms with Gasteiger partial charge >= 0.3 is 0 Å². The summed E-state index contributed by atoms with van der Waals surface area (Å²) < 4.78 is 0. The zero-order chi connectivity index (χ0) is 19.5. The second-order valence-corrected chi connectivity index (χ2v) is 7.95. The third-order valence-corrected chi connectivity index (χ3v) is 6.18. The van der Waals surface area contributed by atoms with Crippen molar-refractivity contribution in [2.75, 3.05) is 26.2 Å². The Morgan fingerprint density at radius 2 is 1.89 bits per heavy atom. The highest BCUT2D eigenvalue weighted by atomic mass is 16.3. The molecule has 2 aromatic rings. The molecule has 3 atom stereocenters. The zero-order valence-corrected chi connectivity index (χ0v) is 16.4. The Balaban J connectivity index is 1.56. The number of carbonyl (C=O) groups excluding carboxylic acids is 1. The van der Waals surface area contributed by atoms with Crippen LogP contribution in [0.4, 0.5) is 0 Å². The molecule has 0 bridgehead atoms. The van der Waals surface area contributed by atoms with Gasteiger partial charge in [-0.05, 0) is 43.4 Å². The van der Waals surface area contributed by atoms with Crippen LogP contribution in [0.25, 0.3) is 0 Å². The first kappa shape index (κ1) is 19.1. The van der Waals surface area contributed by atoms with Crippen LogP contribution in [-0.2, 0) is 0 Å².